The van der Waals surface area contributed by atoms with Crippen LogP contribution in [-0.4, -0.2) is 5.78 Å². The van der Waals surface area contributed by atoms with E-state index in [2.05, 4.69) is 49.4 Å². The van der Waals surface area contributed by atoms with Crippen molar-refractivity contribution in [2.24, 2.45) is 0 Å². The highest BCUT2D eigenvalue weighted by Gasteiger charge is 2.15. The van der Waals surface area contributed by atoms with E-state index in [4.69, 9.17) is 0 Å². The van der Waals surface area contributed by atoms with E-state index in [1.807, 2.05) is 0 Å². The van der Waals surface area contributed by atoms with Crippen molar-refractivity contribution >= 4 is 5.78 Å². The third-order valence-electron chi connectivity index (χ3n) is 4.94. The van der Waals surface area contributed by atoms with E-state index >= 15 is 0 Å². The molecule has 1 heteroatoms. The molecule has 0 radical (unpaired) electrons. The van der Waals surface area contributed by atoms with Crippen LogP contribution in [0.25, 0.3) is 0 Å². The molecule has 3 rings (SSSR count). The zero-order valence-electron chi connectivity index (χ0n) is 14.1. The quantitative estimate of drug-likeness (QED) is 0.696. The van der Waals surface area contributed by atoms with E-state index < -0.39 is 0 Å². The van der Waals surface area contributed by atoms with Crippen LogP contribution in [0.2, 0.25) is 0 Å². The Labute approximate surface area is 139 Å². The van der Waals surface area contributed by atoms with Gasteiger partial charge in [0.1, 0.15) is 5.78 Å². The topological polar surface area (TPSA) is 17.1 Å². The molecule has 0 atom stereocenters. The summed E-state index contributed by atoms with van der Waals surface area (Å²) in [5, 5.41) is 0. The highest BCUT2D eigenvalue weighted by atomic mass is 16.1. The predicted molar refractivity (Wildman–Crippen MR) is 95.9 cm³/mol. The first-order chi connectivity index (χ1) is 11.2. The van der Waals surface area contributed by atoms with Gasteiger partial charge < -0.3 is 0 Å². The van der Waals surface area contributed by atoms with Crippen LogP contribution in [0.5, 0.6) is 0 Å². The molecule has 0 aliphatic heterocycles. The third-order valence-corrected chi connectivity index (χ3v) is 4.94. The number of carbonyl (C=O) groups excluding carboxylic acids is 1. The molecule has 1 aliphatic carbocycles. The Morgan fingerprint density at radius 3 is 2.17 bits per heavy atom. The van der Waals surface area contributed by atoms with Crippen LogP contribution < -0.4 is 0 Å². The fourth-order valence-electron chi connectivity index (χ4n) is 3.42. The third kappa shape index (κ3) is 4.31. The SMILES string of the molecule is CCc1ccc(CCCCc2ccc3c(c2)CC(=O)CC3)cc1. The molecule has 2 aromatic rings. The fourth-order valence-corrected chi connectivity index (χ4v) is 3.42. The summed E-state index contributed by atoms with van der Waals surface area (Å²) in [7, 11) is 0. The van der Waals surface area contributed by atoms with Crippen LogP contribution in [0, 0.1) is 0 Å². The fraction of sp³-hybridized carbons (Fsp3) is 0.409. The Balaban J connectivity index is 1.48. The molecule has 1 aliphatic rings. The van der Waals surface area contributed by atoms with Gasteiger partial charge in [0.2, 0.25) is 0 Å². The van der Waals surface area contributed by atoms with Gasteiger partial charge in [-0.15, -0.1) is 0 Å². The average molecular weight is 306 g/mol. The van der Waals surface area contributed by atoms with Gasteiger partial charge >= 0.3 is 0 Å². The maximum atomic E-state index is 11.6. The number of rotatable bonds is 6. The number of hydrogen-bond donors (Lipinski definition) is 0. The number of unbranched alkanes of at least 4 members (excludes halogenated alkanes) is 1. The molecule has 1 nitrogen and oxygen atoms in total. The minimum Gasteiger partial charge on any atom is -0.299 e. The highest BCUT2D eigenvalue weighted by Crippen LogP contribution is 2.21. The number of aryl methyl sites for hydroxylation is 4. The van der Waals surface area contributed by atoms with Crippen molar-refractivity contribution in [2.45, 2.75) is 58.3 Å². The Morgan fingerprint density at radius 2 is 1.43 bits per heavy atom. The second-order valence-electron chi connectivity index (χ2n) is 6.70. The lowest BCUT2D eigenvalue weighted by Crippen LogP contribution is -2.13. The number of benzene rings is 2. The van der Waals surface area contributed by atoms with Crippen molar-refractivity contribution in [3.63, 3.8) is 0 Å². The van der Waals surface area contributed by atoms with Crippen molar-refractivity contribution in [1.29, 1.82) is 0 Å². The number of carbonyl (C=O) groups is 1. The zero-order valence-corrected chi connectivity index (χ0v) is 14.1. The van der Waals surface area contributed by atoms with Crippen LogP contribution in [0.4, 0.5) is 0 Å². The molecule has 0 amide bonds. The normalized spacial score (nSPS) is 13.9. The van der Waals surface area contributed by atoms with Crippen LogP contribution in [0.1, 0.15) is 54.0 Å². The molecule has 0 unspecified atom stereocenters. The number of ketones is 1. The van der Waals surface area contributed by atoms with Crippen molar-refractivity contribution in [2.75, 3.05) is 0 Å². The van der Waals surface area contributed by atoms with Crippen molar-refractivity contribution in [3.05, 3.63) is 70.3 Å². The molecule has 23 heavy (non-hydrogen) atoms. The molecule has 0 saturated heterocycles. The summed E-state index contributed by atoms with van der Waals surface area (Å²) in [6.45, 7) is 2.20. The monoisotopic (exact) mass is 306 g/mol. The molecule has 0 N–H and O–H groups in total. The first kappa shape index (κ1) is 16.0. The van der Waals surface area contributed by atoms with Gasteiger partial charge in [0, 0.05) is 12.8 Å². The van der Waals surface area contributed by atoms with E-state index in [1.165, 1.54) is 40.7 Å². The maximum Gasteiger partial charge on any atom is 0.137 e. The van der Waals surface area contributed by atoms with Gasteiger partial charge in [-0.05, 0) is 66.3 Å². The van der Waals surface area contributed by atoms with Crippen LogP contribution in [0.3, 0.4) is 0 Å². The Kier molecular flexibility index (Phi) is 5.27. The van der Waals surface area contributed by atoms with Gasteiger partial charge in [0.25, 0.3) is 0 Å². The van der Waals surface area contributed by atoms with Gasteiger partial charge in [-0.1, -0.05) is 49.4 Å². The first-order valence-electron chi connectivity index (χ1n) is 8.95. The Bertz CT molecular complexity index is 667. The van der Waals surface area contributed by atoms with E-state index in [0.29, 0.717) is 12.2 Å². The van der Waals surface area contributed by atoms with E-state index in [1.54, 1.807) is 0 Å². The molecule has 0 saturated carbocycles. The second-order valence-corrected chi connectivity index (χ2v) is 6.70. The van der Waals surface area contributed by atoms with Gasteiger partial charge in [0.15, 0.2) is 0 Å². The average Bonchev–Trinajstić information content (AvgIpc) is 2.59. The highest BCUT2D eigenvalue weighted by molar-refractivity contribution is 5.83. The van der Waals surface area contributed by atoms with Gasteiger partial charge in [-0.25, -0.2) is 0 Å². The van der Waals surface area contributed by atoms with Crippen molar-refractivity contribution in [3.8, 4) is 0 Å². The molecule has 120 valence electrons. The predicted octanol–water partition coefficient (Wildman–Crippen LogP) is 4.87. The van der Waals surface area contributed by atoms with Gasteiger partial charge in [0.05, 0.1) is 0 Å². The maximum absolute atomic E-state index is 11.6. The largest absolute Gasteiger partial charge is 0.299 e. The lowest BCUT2D eigenvalue weighted by Gasteiger charge is -2.16. The molecule has 0 fully saturated rings. The van der Waals surface area contributed by atoms with E-state index in [-0.39, 0.29) is 0 Å². The zero-order chi connectivity index (χ0) is 16.1. The van der Waals surface area contributed by atoms with E-state index in [0.717, 1.165) is 32.1 Å². The molecular weight excluding hydrogens is 280 g/mol. The summed E-state index contributed by atoms with van der Waals surface area (Å²) in [5.74, 6) is 0.394. The van der Waals surface area contributed by atoms with Gasteiger partial charge in [-0.2, -0.15) is 0 Å². The summed E-state index contributed by atoms with van der Waals surface area (Å²) >= 11 is 0. The first-order valence-corrected chi connectivity index (χ1v) is 8.95. The standard InChI is InChI=1S/C22H26O/c1-2-17-7-9-18(10-8-17)5-3-4-6-19-11-12-20-13-14-22(23)16-21(20)15-19/h7-12,15H,2-6,13-14,16H2,1H3. The summed E-state index contributed by atoms with van der Waals surface area (Å²) in [5.41, 5.74) is 6.90. The second kappa shape index (κ2) is 7.59. The van der Waals surface area contributed by atoms with Crippen LogP contribution in [-0.2, 0) is 36.9 Å². The number of hydrogen-bond acceptors (Lipinski definition) is 1. The van der Waals surface area contributed by atoms with E-state index in [9.17, 15) is 4.79 Å². The smallest absolute Gasteiger partial charge is 0.137 e. The number of Topliss-reactive ketones (excluding diaryl/α,β-unsaturated/α-hetero) is 1. The van der Waals surface area contributed by atoms with Crippen LogP contribution >= 0.6 is 0 Å². The molecule has 2 aromatic carbocycles. The minimum atomic E-state index is 0.394. The van der Waals surface area contributed by atoms with Crippen LogP contribution in [0.15, 0.2) is 42.5 Å². The molecule has 0 heterocycles. The molecular formula is C22H26O. The summed E-state index contributed by atoms with van der Waals surface area (Å²) in [6, 6.07) is 15.8. The van der Waals surface area contributed by atoms with Gasteiger partial charge in [-0.3, -0.25) is 4.79 Å². The molecule has 0 bridgehead atoms. The summed E-state index contributed by atoms with van der Waals surface area (Å²) in [4.78, 5) is 11.6. The van der Waals surface area contributed by atoms with Crippen molar-refractivity contribution in [1.82, 2.24) is 0 Å². The number of fused-ring (bicyclic) bond motifs is 1. The summed E-state index contributed by atoms with van der Waals surface area (Å²) in [6.07, 6.45) is 8.13. The minimum absolute atomic E-state index is 0.394. The Hall–Kier alpha value is -1.89. The van der Waals surface area contributed by atoms with Crippen molar-refractivity contribution < 1.29 is 4.79 Å². The molecule has 0 aromatic heterocycles. The summed E-state index contributed by atoms with van der Waals surface area (Å²) < 4.78 is 0. The lowest BCUT2D eigenvalue weighted by atomic mass is 9.89. The Morgan fingerprint density at radius 1 is 0.783 bits per heavy atom. The molecule has 0 spiro atoms. The lowest BCUT2D eigenvalue weighted by molar-refractivity contribution is -0.118.